The quantitative estimate of drug-likeness (QED) is 0.788. The molecule has 0 N–H and O–H groups in total. The second-order valence-corrected chi connectivity index (χ2v) is 6.84. The zero-order valence-electron chi connectivity index (χ0n) is 15.7. The second kappa shape index (κ2) is 8.75. The van der Waals surface area contributed by atoms with Crippen molar-refractivity contribution in [2.24, 2.45) is 0 Å². The number of amides is 1. The zero-order valence-corrected chi connectivity index (χ0v) is 15.7. The average Bonchev–Trinajstić information content (AvgIpc) is 2.95. The molecule has 0 unspecified atom stereocenters. The Hall–Kier alpha value is -2.49. The Labute approximate surface area is 155 Å². The van der Waals surface area contributed by atoms with Gasteiger partial charge in [0.05, 0.1) is 7.11 Å². The van der Waals surface area contributed by atoms with E-state index < -0.39 is 0 Å². The molecular weight excluding hydrogens is 326 g/mol. The third-order valence-electron chi connectivity index (χ3n) is 4.80. The molecule has 1 heterocycles. The van der Waals surface area contributed by atoms with Gasteiger partial charge in [-0.2, -0.15) is 0 Å². The summed E-state index contributed by atoms with van der Waals surface area (Å²) in [6, 6.07) is 13.6. The van der Waals surface area contributed by atoms with Crippen molar-refractivity contribution in [1.29, 1.82) is 0 Å². The summed E-state index contributed by atoms with van der Waals surface area (Å²) < 4.78 is 11.4. The lowest BCUT2D eigenvalue weighted by Gasteiger charge is -2.21. The van der Waals surface area contributed by atoms with E-state index in [1.54, 1.807) is 7.11 Å². The first-order valence-electron chi connectivity index (χ1n) is 9.33. The molecule has 1 saturated heterocycles. The van der Waals surface area contributed by atoms with Gasteiger partial charge < -0.3 is 14.4 Å². The van der Waals surface area contributed by atoms with E-state index in [0.717, 1.165) is 48.6 Å². The maximum absolute atomic E-state index is 12.9. The SMILES string of the molecule is COc1ccc(C(=O)N2CCCCCC2)cc1COc1cccc(C)c1. The molecule has 0 bridgehead atoms. The minimum atomic E-state index is 0.103. The van der Waals surface area contributed by atoms with Crippen LogP contribution in [-0.2, 0) is 6.61 Å². The van der Waals surface area contributed by atoms with Crippen LogP contribution in [0.1, 0.15) is 47.2 Å². The number of benzene rings is 2. The molecule has 4 nitrogen and oxygen atoms in total. The van der Waals surface area contributed by atoms with Gasteiger partial charge in [-0.15, -0.1) is 0 Å². The third-order valence-corrected chi connectivity index (χ3v) is 4.80. The van der Waals surface area contributed by atoms with Crippen molar-refractivity contribution in [1.82, 2.24) is 4.90 Å². The van der Waals surface area contributed by atoms with E-state index in [9.17, 15) is 4.79 Å². The molecule has 4 heteroatoms. The molecule has 0 saturated carbocycles. The molecule has 1 fully saturated rings. The van der Waals surface area contributed by atoms with Crippen molar-refractivity contribution in [3.05, 3.63) is 59.2 Å². The number of carbonyl (C=O) groups excluding carboxylic acids is 1. The highest BCUT2D eigenvalue weighted by molar-refractivity contribution is 5.94. The zero-order chi connectivity index (χ0) is 18.4. The van der Waals surface area contributed by atoms with Gasteiger partial charge in [-0.25, -0.2) is 0 Å². The van der Waals surface area contributed by atoms with Gasteiger partial charge in [0.25, 0.3) is 5.91 Å². The van der Waals surface area contributed by atoms with Crippen molar-refractivity contribution in [2.75, 3.05) is 20.2 Å². The summed E-state index contributed by atoms with van der Waals surface area (Å²) in [5.41, 5.74) is 2.74. The van der Waals surface area contributed by atoms with E-state index in [1.165, 1.54) is 12.8 Å². The van der Waals surface area contributed by atoms with Crippen LogP contribution in [-0.4, -0.2) is 31.0 Å². The molecule has 0 spiro atoms. The first kappa shape index (κ1) is 18.3. The average molecular weight is 353 g/mol. The second-order valence-electron chi connectivity index (χ2n) is 6.84. The van der Waals surface area contributed by atoms with Crippen molar-refractivity contribution in [3.8, 4) is 11.5 Å². The Bertz CT molecular complexity index is 749. The fraction of sp³-hybridized carbons (Fsp3) is 0.409. The van der Waals surface area contributed by atoms with Crippen LogP contribution in [0.5, 0.6) is 11.5 Å². The van der Waals surface area contributed by atoms with Crippen molar-refractivity contribution in [2.45, 2.75) is 39.2 Å². The predicted molar refractivity (Wildman–Crippen MR) is 103 cm³/mol. The number of carbonyl (C=O) groups is 1. The topological polar surface area (TPSA) is 38.8 Å². The van der Waals surface area contributed by atoms with Gasteiger partial charge in [0.2, 0.25) is 0 Å². The summed E-state index contributed by atoms with van der Waals surface area (Å²) in [4.78, 5) is 14.8. The van der Waals surface area contributed by atoms with E-state index >= 15 is 0 Å². The maximum Gasteiger partial charge on any atom is 0.253 e. The Balaban J connectivity index is 1.76. The molecular formula is C22H27NO3. The smallest absolute Gasteiger partial charge is 0.253 e. The Morgan fingerprint density at radius 3 is 2.50 bits per heavy atom. The summed E-state index contributed by atoms with van der Waals surface area (Å²) in [6.45, 7) is 4.10. The number of likely N-dealkylation sites (tertiary alicyclic amines) is 1. The van der Waals surface area contributed by atoms with Crippen LogP contribution >= 0.6 is 0 Å². The standard InChI is InChI=1S/C22H27NO3/c1-17-8-7-9-20(14-17)26-16-19-15-18(10-11-21(19)25-2)22(24)23-12-5-3-4-6-13-23/h7-11,14-15H,3-6,12-13,16H2,1-2H3. The third kappa shape index (κ3) is 4.57. The van der Waals surface area contributed by atoms with E-state index in [2.05, 4.69) is 0 Å². The largest absolute Gasteiger partial charge is 0.496 e. The van der Waals surface area contributed by atoms with Gasteiger partial charge >= 0.3 is 0 Å². The van der Waals surface area contributed by atoms with Crippen LogP contribution in [0.4, 0.5) is 0 Å². The van der Waals surface area contributed by atoms with Crippen molar-refractivity contribution < 1.29 is 14.3 Å². The highest BCUT2D eigenvalue weighted by atomic mass is 16.5. The first-order valence-corrected chi connectivity index (χ1v) is 9.33. The van der Waals surface area contributed by atoms with Crippen LogP contribution in [0.3, 0.4) is 0 Å². The van der Waals surface area contributed by atoms with Gasteiger partial charge in [0.1, 0.15) is 18.1 Å². The monoisotopic (exact) mass is 353 g/mol. The molecule has 0 atom stereocenters. The van der Waals surface area contributed by atoms with Gasteiger partial charge in [0.15, 0.2) is 0 Å². The Kier molecular flexibility index (Phi) is 6.16. The Morgan fingerprint density at radius 2 is 1.81 bits per heavy atom. The molecule has 138 valence electrons. The molecule has 3 rings (SSSR count). The highest BCUT2D eigenvalue weighted by Crippen LogP contribution is 2.24. The highest BCUT2D eigenvalue weighted by Gasteiger charge is 2.18. The van der Waals surface area contributed by atoms with E-state index in [1.807, 2.05) is 54.3 Å². The van der Waals surface area contributed by atoms with E-state index in [4.69, 9.17) is 9.47 Å². The van der Waals surface area contributed by atoms with Crippen LogP contribution in [0.25, 0.3) is 0 Å². The Morgan fingerprint density at radius 1 is 1.04 bits per heavy atom. The lowest BCUT2D eigenvalue weighted by molar-refractivity contribution is 0.0761. The lowest BCUT2D eigenvalue weighted by Crippen LogP contribution is -2.31. The van der Waals surface area contributed by atoms with Crippen molar-refractivity contribution in [3.63, 3.8) is 0 Å². The number of rotatable bonds is 5. The van der Waals surface area contributed by atoms with Gasteiger partial charge in [-0.1, -0.05) is 25.0 Å². The van der Waals surface area contributed by atoms with E-state index in [-0.39, 0.29) is 5.91 Å². The van der Waals surface area contributed by atoms with Crippen LogP contribution in [0, 0.1) is 6.92 Å². The molecule has 1 aliphatic rings. The fourth-order valence-electron chi connectivity index (χ4n) is 3.35. The summed E-state index contributed by atoms with van der Waals surface area (Å²) in [5.74, 6) is 1.66. The van der Waals surface area contributed by atoms with Gasteiger partial charge in [0, 0.05) is 24.2 Å². The lowest BCUT2D eigenvalue weighted by atomic mass is 10.1. The summed E-state index contributed by atoms with van der Waals surface area (Å²) >= 11 is 0. The molecule has 0 aliphatic carbocycles. The number of nitrogens with zero attached hydrogens (tertiary/aromatic N) is 1. The molecule has 0 aromatic heterocycles. The molecule has 26 heavy (non-hydrogen) atoms. The summed E-state index contributed by atoms with van der Waals surface area (Å²) in [7, 11) is 1.64. The normalized spacial score (nSPS) is 14.6. The minimum Gasteiger partial charge on any atom is -0.496 e. The van der Waals surface area contributed by atoms with Crippen LogP contribution in [0.2, 0.25) is 0 Å². The number of aryl methyl sites for hydroxylation is 1. The summed E-state index contributed by atoms with van der Waals surface area (Å²) in [5, 5.41) is 0. The molecule has 1 aliphatic heterocycles. The molecule has 1 amide bonds. The fourth-order valence-corrected chi connectivity index (χ4v) is 3.35. The molecule has 0 radical (unpaired) electrons. The van der Waals surface area contributed by atoms with Crippen molar-refractivity contribution >= 4 is 5.91 Å². The molecule has 2 aromatic rings. The van der Waals surface area contributed by atoms with E-state index in [0.29, 0.717) is 12.2 Å². The number of ether oxygens (including phenoxy) is 2. The molecule has 2 aromatic carbocycles. The van der Waals surface area contributed by atoms with Gasteiger partial charge in [-0.05, 0) is 55.7 Å². The minimum absolute atomic E-state index is 0.103. The number of methoxy groups -OCH3 is 1. The van der Waals surface area contributed by atoms with Crippen LogP contribution in [0.15, 0.2) is 42.5 Å². The number of hydrogen-bond acceptors (Lipinski definition) is 3. The maximum atomic E-state index is 12.9. The first-order chi connectivity index (χ1) is 12.7. The predicted octanol–water partition coefficient (Wildman–Crippen LogP) is 4.60. The van der Waals surface area contributed by atoms with Crippen LogP contribution < -0.4 is 9.47 Å². The number of hydrogen-bond donors (Lipinski definition) is 0. The summed E-state index contributed by atoms with van der Waals surface area (Å²) in [6.07, 6.45) is 4.60. The van der Waals surface area contributed by atoms with Gasteiger partial charge in [-0.3, -0.25) is 4.79 Å².